The van der Waals surface area contributed by atoms with Crippen LogP contribution in [0.4, 0.5) is 5.82 Å². The second-order valence-electron chi connectivity index (χ2n) is 8.36. The van der Waals surface area contributed by atoms with E-state index in [4.69, 9.17) is 9.15 Å². The summed E-state index contributed by atoms with van der Waals surface area (Å²) in [6, 6.07) is 11.6. The number of carbonyl (C=O) groups excluding carboxylic acids is 1. The minimum Gasteiger partial charge on any atom is -0.441 e. The molecule has 3 heterocycles. The van der Waals surface area contributed by atoms with Gasteiger partial charge in [0.2, 0.25) is 0 Å². The summed E-state index contributed by atoms with van der Waals surface area (Å²) in [7, 11) is 1.77. The van der Waals surface area contributed by atoms with Crippen LogP contribution in [0.3, 0.4) is 0 Å². The van der Waals surface area contributed by atoms with E-state index in [9.17, 15) is 4.79 Å². The molecule has 1 aliphatic carbocycles. The van der Waals surface area contributed by atoms with Crippen LogP contribution in [-0.2, 0) is 4.74 Å². The highest BCUT2D eigenvalue weighted by atomic mass is 16.5. The number of likely N-dealkylation sites (tertiary alicyclic amines) is 1. The van der Waals surface area contributed by atoms with Crippen molar-refractivity contribution in [2.24, 2.45) is 11.8 Å². The van der Waals surface area contributed by atoms with Gasteiger partial charge in [-0.25, -0.2) is 9.97 Å². The number of benzene rings is 1. The normalized spacial score (nSPS) is 26.0. The lowest BCUT2D eigenvalue weighted by Gasteiger charge is -2.37. The van der Waals surface area contributed by atoms with Crippen molar-refractivity contribution in [3.63, 3.8) is 0 Å². The molecular weight excluding hydrogens is 380 g/mol. The summed E-state index contributed by atoms with van der Waals surface area (Å²) in [6.45, 7) is 3.36. The topological polar surface area (TPSA) is 80.5 Å². The fourth-order valence-corrected chi connectivity index (χ4v) is 4.99. The van der Waals surface area contributed by atoms with E-state index in [0.29, 0.717) is 28.9 Å². The molecule has 5 rings (SSSR count). The van der Waals surface area contributed by atoms with Crippen LogP contribution in [0.1, 0.15) is 29.1 Å². The summed E-state index contributed by atoms with van der Waals surface area (Å²) in [5, 5.41) is 3.53. The first-order valence-electron chi connectivity index (χ1n) is 10.5. The lowest BCUT2D eigenvalue weighted by Crippen LogP contribution is -2.44. The third kappa shape index (κ3) is 3.54. The fourth-order valence-electron chi connectivity index (χ4n) is 4.99. The number of hydrogen-bond donors (Lipinski definition) is 1. The van der Waals surface area contributed by atoms with Crippen LogP contribution >= 0.6 is 0 Å². The lowest BCUT2D eigenvalue weighted by atomic mass is 9.77. The number of pyridine rings is 1. The van der Waals surface area contributed by atoms with Crippen LogP contribution in [0.15, 0.2) is 47.0 Å². The van der Waals surface area contributed by atoms with E-state index in [-0.39, 0.29) is 18.1 Å². The number of amides is 1. The Bertz CT molecular complexity index is 1050. The van der Waals surface area contributed by atoms with E-state index in [0.717, 1.165) is 37.3 Å². The standard InChI is InChI=1S/C23H26N4O3/c1-14-25-18-7-6-15(10-21(18)30-14)23(28)27-12-16-9-19(20(29-2)11-17(16)13-27)26-22-5-3-4-8-24-22/h3-8,10,16-17,19-20H,9,11-13H2,1-2H3,(H,24,26)/t16-,17+,19-,20-/m1/s1. The number of oxazole rings is 1. The second-order valence-corrected chi connectivity index (χ2v) is 8.36. The maximum absolute atomic E-state index is 13.2. The molecule has 1 saturated heterocycles. The summed E-state index contributed by atoms with van der Waals surface area (Å²) in [5.41, 5.74) is 2.10. The SMILES string of the molecule is CO[C@@H]1C[C@H]2CN(C(=O)c3ccc4nc(C)oc4c3)C[C@H]2C[C@H]1Nc1ccccn1. The Kier molecular flexibility index (Phi) is 4.90. The fraction of sp³-hybridized carbons (Fsp3) is 0.435. The molecule has 0 spiro atoms. The Morgan fingerprint density at radius 3 is 2.80 bits per heavy atom. The third-order valence-corrected chi connectivity index (χ3v) is 6.45. The molecule has 30 heavy (non-hydrogen) atoms. The molecule has 4 atom stereocenters. The molecule has 1 aliphatic heterocycles. The van der Waals surface area contributed by atoms with Crippen LogP contribution in [-0.4, -0.2) is 53.1 Å². The van der Waals surface area contributed by atoms with Gasteiger partial charge in [0.1, 0.15) is 11.3 Å². The van der Waals surface area contributed by atoms with Gasteiger partial charge in [-0.2, -0.15) is 0 Å². The van der Waals surface area contributed by atoms with Gasteiger partial charge in [-0.1, -0.05) is 6.07 Å². The van der Waals surface area contributed by atoms with Gasteiger partial charge in [-0.05, 0) is 55.0 Å². The third-order valence-electron chi connectivity index (χ3n) is 6.45. The van der Waals surface area contributed by atoms with Gasteiger partial charge in [0.25, 0.3) is 5.91 Å². The molecule has 1 aromatic carbocycles. The van der Waals surface area contributed by atoms with E-state index >= 15 is 0 Å². The van der Waals surface area contributed by atoms with Crippen LogP contribution < -0.4 is 5.32 Å². The van der Waals surface area contributed by atoms with E-state index in [1.54, 1.807) is 13.3 Å². The summed E-state index contributed by atoms with van der Waals surface area (Å²) in [6.07, 6.45) is 3.80. The number of hydrogen-bond acceptors (Lipinski definition) is 6. The highest BCUT2D eigenvalue weighted by Gasteiger charge is 2.43. The Morgan fingerprint density at radius 1 is 1.20 bits per heavy atom. The number of fused-ring (bicyclic) bond motifs is 2. The van der Waals surface area contributed by atoms with Gasteiger partial charge >= 0.3 is 0 Å². The maximum atomic E-state index is 13.2. The molecule has 0 radical (unpaired) electrons. The van der Waals surface area contributed by atoms with Crippen molar-refractivity contribution in [3.05, 3.63) is 54.0 Å². The van der Waals surface area contributed by atoms with Crippen molar-refractivity contribution in [1.82, 2.24) is 14.9 Å². The molecule has 1 N–H and O–H groups in total. The molecule has 156 valence electrons. The molecule has 1 amide bonds. The number of carbonyl (C=O) groups is 1. The Hall–Kier alpha value is -2.93. The average molecular weight is 406 g/mol. The van der Waals surface area contributed by atoms with E-state index in [1.165, 1.54) is 0 Å². The first-order chi connectivity index (χ1) is 14.6. The predicted octanol–water partition coefficient (Wildman–Crippen LogP) is 3.51. The number of methoxy groups -OCH3 is 1. The number of nitrogens with zero attached hydrogens (tertiary/aromatic N) is 3. The zero-order chi connectivity index (χ0) is 20.7. The highest BCUT2D eigenvalue weighted by molar-refractivity contribution is 5.97. The predicted molar refractivity (Wildman–Crippen MR) is 113 cm³/mol. The highest BCUT2D eigenvalue weighted by Crippen LogP contribution is 2.39. The molecule has 2 aromatic heterocycles. The number of ether oxygens (including phenoxy) is 1. The van der Waals surface area contributed by atoms with Crippen molar-refractivity contribution in [2.45, 2.75) is 31.9 Å². The lowest BCUT2D eigenvalue weighted by molar-refractivity contribution is 0.0304. The maximum Gasteiger partial charge on any atom is 0.254 e. The van der Waals surface area contributed by atoms with E-state index in [1.807, 2.05) is 48.2 Å². The van der Waals surface area contributed by atoms with Crippen LogP contribution in [0.2, 0.25) is 0 Å². The minimum absolute atomic E-state index is 0.0588. The smallest absolute Gasteiger partial charge is 0.254 e. The minimum atomic E-state index is 0.0588. The van der Waals surface area contributed by atoms with Gasteiger partial charge in [0.15, 0.2) is 11.5 Å². The molecule has 0 unspecified atom stereocenters. The molecule has 2 fully saturated rings. The zero-order valence-corrected chi connectivity index (χ0v) is 17.2. The Balaban J connectivity index is 1.30. The summed E-state index contributed by atoms with van der Waals surface area (Å²) >= 11 is 0. The van der Waals surface area contributed by atoms with E-state index < -0.39 is 0 Å². The first-order valence-corrected chi connectivity index (χ1v) is 10.5. The Labute approximate surface area is 175 Å². The quantitative estimate of drug-likeness (QED) is 0.714. The van der Waals surface area contributed by atoms with Gasteiger partial charge in [-0.15, -0.1) is 0 Å². The molecule has 7 heteroatoms. The van der Waals surface area contributed by atoms with Gasteiger partial charge in [0, 0.05) is 38.9 Å². The molecule has 2 aliphatic rings. The molecule has 7 nitrogen and oxygen atoms in total. The van der Waals surface area contributed by atoms with Crippen molar-refractivity contribution < 1.29 is 13.9 Å². The summed E-state index contributed by atoms with van der Waals surface area (Å²) in [5.74, 6) is 2.45. The number of aryl methyl sites for hydroxylation is 1. The summed E-state index contributed by atoms with van der Waals surface area (Å²) < 4.78 is 11.4. The van der Waals surface area contributed by atoms with Gasteiger partial charge in [-0.3, -0.25) is 4.79 Å². The molecular formula is C23H26N4O3. The number of nitrogens with one attached hydrogen (secondary N) is 1. The molecule has 0 bridgehead atoms. The summed E-state index contributed by atoms with van der Waals surface area (Å²) in [4.78, 5) is 23.9. The van der Waals surface area contributed by atoms with Crippen molar-refractivity contribution >= 4 is 22.8 Å². The van der Waals surface area contributed by atoms with Crippen molar-refractivity contribution in [2.75, 3.05) is 25.5 Å². The van der Waals surface area contributed by atoms with Gasteiger partial charge < -0.3 is 19.4 Å². The van der Waals surface area contributed by atoms with Crippen molar-refractivity contribution in [3.8, 4) is 0 Å². The second kappa shape index (κ2) is 7.72. The number of aromatic nitrogens is 2. The van der Waals surface area contributed by atoms with Crippen LogP contribution in [0.25, 0.3) is 11.1 Å². The van der Waals surface area contributed by atoms with Crippen LogP contribution in [0, 0.1) is 18.8 Å². The largest absolute Gasteiger partial charge is 0.441 e. The monoisotopic (exact) mass is 406 g/mol. The number of anilines is 1. The Morgan fingerprint density at radius 2 is 2.03 bits per heavy atom. The first kappa shape index (κ1) is 19.1. The molecule has 1 saturated carbocycles. The van der Waals surface area contributed by atoms with Crippen molar-refractivity contribution in [1.29, 1.82) is 0 Å². The average Bonchev–Trinajstić information content (AvgIpc) is 3.34. The molecule has 3 aromatic rings. The number of rotatable bonds is 4. The van der Waals surface area contributed by atoms with Gasteiger partial charge in [0.05, 0.1) is 12.1 Å². The van der Waals surface area contributed by atoms with Crippen LogP contribution in [0.5, 0.6) is 0 Å². The zero-order valence-electron chi connectivity index (χ0n) is 17.2. The van der Waals surface area contributed by atoms with E-state index in [2.05, 4.69) is 15.3 Å².